The molecule has 2 rings (SSSR count). The number of hydrogen-bond acceptors (Lipinski definition) is 3. The van der Waals surface area contributed by atoms with E-state index in [1.807, 2.05) is 17.8 Å². The molecule has 1 aliphatic rings. The van der Waals surface area contributed by atoms with Crippen LogP contribution in [-0.2, 0) is 10.5 Å². The Morgan fingerprint density at radius 2 is 2.06 bits per heavy atom. The van der Waals surface area contributed by atoms with Gasteiger partial charge in [0.25, 0.3) is 0 Å². The van der Waals surface area contributed by atoms with E-state index in [0.29, 0.717) is 6.54 Å². The average Bonchev–Trinajstić information content (AvgIpc) is 2.45. The lowest BCUT2D eigenvalue weighted by molar-refractivity contribution is 0.1000. The third-order valence-corrected chi connectivity index (χ3v) is 4.41. The molecule has 3 heteroatoms. The third-order valence-electron chi connectivity index (χ3n) is 2.99. The van der Waals surface area contributed by atoms with E-state index in [9.17, 15) is 0 Å². The molecule has 0 saturated carbocycles. The molecule has 1 fully saturated rings. The molecule has 2 N–H and O–H groups in total. The van der Waals surface area contributed by atoms with Gasteiger partial charge in [-0.15, -0.1) is 0 Å². The maximum Gasteiger partial charge on any atom is 0.0555 e. The van der Waals surface area contributed by atoms with Gasteiger partial charge in [-0.05, 0) is 24.5 Å². The van der Waals surface area contributed by atoms with E-state index in [0.717, 1.165) is 29.8 Å². The molecule has 1 aromatic rings. The second-order valence-electron chi connectivity index (χ2n) is 4.29. The molecule has 2 nitrogen and oxygen atoms in total. The number of rotatable bonds is 3. The van der Waals surface area contributed by atoms with Crippen molar-refractivity contribution >= 4 is 11.8 Å². The zero-order valence-corrected chi connectivity index (χ0v) is 11.3. The van der Waals surface area contributed by atoms with E-state index in [-0.39, 0.29) is 0 Å². The first-order valence-electron chi connectivity index (χ1n) is 6.36. The summed E-state index contributed by atoms with van der Waals surface area (Å²) in [4.78, 5) is 0. The fourth-order valence-corrected chi connectivity index (χ4v) is 3.16. The quantitative estimate of drug-likeness (QED) is 0.849. The van der Waals surface area contributed by atoms with Gasteiger partial charge >= 0.3 is 0 Å². The van der Waals surface area contributed by atoms with Crippen LogP contribution in [0.2, 0.25) is 0 Å². The number of benzene rings is 1. The average molecular weight is 261 g/mol. The Bertz CT molecular complexity index is 430. The van der Waals surface area contributed by atoms with Gasteiger partial charge in [-0.3, -0.25) is 0 Å². The van der Waals surface area contributed by atoms with Gasteiger partial charge in [-0.25, -0.2) is 0 Å². The van der Waals surface area contributed by atoms with Crippen molar-refractivity contribution in [1.82, 2.24) is 0 Å². The van der Waals surface area contributed by atoms with Gasteiger partial charge in [-0.2, -0.15) is 11.8 Å². The second kappa shape index (κ2) is 7.48. The van der Waals surface area contributed by atoms with E-state index in [1.165, 1.54) is 18.4 Å². The minimum absolute atomic E-state index is 0.418. The SMILES string of the molecule is NCC#Cc1ccccc1CSC1CCOCC1. The summed E-state index contributed by atoms with van der Waals surface area (Å²) >= 11 is 2.02. The molecule has 0 aromatic heterocycles. The third kappa shape index (κ3) is 4.06. The molecule has 96 valence electrons. The molecule has 0 amide bonds. The van der Waals surface area contributed by atoms with Crippen LogP contribution in [-0.4, -0.2) is 25.0 Å². The van der Waals surface area contributed by atoms with Crippen LogP contribution in [0.1, 0.15) is 24.0 Å². The van der Waals surface area contributed by atoms with Crippen LogP contribution in [0.15, 0.2) is 24.3 Å². The molecule has 0 spiro atoms. The lowest BCUT2D eigenvalue weighted by Gasteiger charge is -2.21. The molecular weight excluding hydrogens is 242 g/mol. The van der Waals surface area contributed by atoms with E-state index < -0.39 is 0 Å². The molecule has 1 saturated heterocycles. The molecule has 0 radical (unpaired) electrons. The summed E-state index contributed by atoms with van der Waals surface area (Å²) < 4.78 is 5.38. The topological polar surface area (TPSA) is 35.2 Å². The van der Waals surface area contributed by atoms with Crippen molar-refractivity contribution in [2.45, 2.75) is 23.8 Å². The zero-order chi connectivity index (χ0) is 12.6. The highest BCUT2D eigenvalue weighted by molar-refractivity contribution is 7.99. The van der Waals surface area contributed by atoms with Gasteiger partial charge in [0.2, 0.25) is 0 Å². The summed E-state index contributed by atoms with van der Waals surface area (Å²) in [6.45, 7) is 2.24. The first kappa shape index (κ1) is 13.5. The van der Waals surface area contributed by atoms with Gasteiger partial charge in [0, 0.05) is 29.8 Å². The summed E-state index contributed by atoms with van der Waals surface area (Å²) in [5, 5.41) is 0.731. The highest BCUT2D eigenvalue weighted by Gasteiger charge is 2.14. The van der Waals surface area contributed by atoms with Crippen molar-refractivity contribution in [1.29, 1.82) is 0 Å². The number of hydrogen-bond donors (Lipinski definition) is 1. The molecule has 1 heterocycles. The molecule has 18 heavy (non-hydrogen) atoms. The fourth-order valence-electron chi connectivity index (χ4n) is 1.96. The normalized spacial score (nSPS) is 16.1. The van der Waals surface area contributed by atoms with Crippen LogP contribution < -0.4 is 5.73 Å². The van der Waals surface area contributed by atoms with Crippen LogP contribution in [0.3, 0.4) is 0 Å². The van der Waals surface area contributed by atoms with Crippen molar-refractivity contribution in [2.75, 3.05) is 19.8 Å². The summed E-state index contributed by atoms with van der Waals surface area (Å²) in [5.74, 6) is 7.11. The molecular formula is C15H19NOS. The van der Waals surface area contributed by atoms with Crippen LogP contribution in [0, 0.1) is 11.8 Å². The summed E-state index contributed by atoms with van der Waals surface area (Å²) in [6, 6.07) is 8.34. The van der Waals surface area contributed by atoms with E-state index in [2.05, 4.69) is 30.0 Å². The van der Waals surface area contributed by atoms with Crippen LogP contribution in [0.25, 0.3) is 0 Å². The van der Waals surface area contributed by atoms with E-state index in [1.54, 1.807) is 0 Å². The minimum Gasteiger partial charge on any atom is -0.381 e. The number of nitrogens with two attached hydrogens (primary N) is 1. The second-order valence-corrected chi connectivity index (χ2v) is 5.57. The maximum atomic E-state index is 5.42. The molecule has 1 aliphatic heterocycles. The Morgan fingerprint density at radius 1 is 1.28 bits per heavy atom. The van der Waals surface area contributed by atoms with Crippen LogP contribution >= 0.6 is 11.8 Å². The fraction of sp³-hybridized carbons (Fsp3) is 0.467. The predicted octanol–water partition coefficient (Wildman–Crippen LogP) is 2.41. The Balaban J connectivity index is 1.95. The number of ether oxygens (including phenoxy) is 1. The molecule has 0 atom stereocenters. The first-order chi connectivity index (χ1) is 8.90. The predicted molar refractivity (Wildman–Crippen MR) is 77.5 cm³/mol. The van der Waals surface area contributed by atoms with Gasteiger partial charge in [-0.1, -0.05) is 30.0 Å². The van der Waals surface area contributed by atoms with Crippen molar-refractivity contribution in [3.8, 4) is 11.8 Å². The highest BCUT2D eigenvalue weighted by atomic mass is 32.2. The van der Waals surface area contributed by atoms with Crippen molar-refractivity contribution in [2.24, 2.45) is 5.73 Å². The number of thioether (sulfide) groups is 1. The Morgan fingerprint density at radius 3 is 2.83 bits per heavy atom. The summed E-state index contributed by atoms with van der Waals surface area (Å²) in [5.41, 5.74) is 7.85. The van der Waals surface area contributed by atoms with Gasteiger partial charge < -0.3 is 10.5 Å². The van der Waals surface area contributed by atoms with Crippen LogP contribution in [0.4, 0.5) is 0 Å². The Kier molecular flexibility index (Phi) is 5.60. The summed E-state index contributed by atoms with van der Waals surface area (Å²) in [7, 11) is 0. The highest BCUT2D eigenvalue weighted by Crippen LogP contribution is 2.26. The largest absolute Gasteiger partial charge is 0.381 e. The van der Waals surface area contributed by atoms with Crippen molar-refractivity contribution < 1.29 is 4.74 Å². The smallest absolute Gasteiger partial charge is 0.0555 e. The first-order valence-corrected chi connectivity index (χ1v) is 7.41. The van der Waals surface area contributed by atoms with Gasteiger partial charge in [0.05, 0.1) is 6.54 Å². The lowest BCUT2D eigenvalue weighted by Crippen LogP contribution is -2.17. The van der Waals surface area contributed by atoms with Gasteiger partial charge in [0.15, 0.2) is 0 Å². The van der Waals surface area contributed by atoms with E-state index in [4.69, 9.17) is 10.5 Å². The molecule has 1 aromatic carbocycles. The lowest BCUT2D eigenvalue weighted by atomic mass is 10.1. The zero-order valence-electron chi connectivity index (χ0n) is 10.5. The Hall–Kier alpha value is -0.950. The van der Waals surface area contributed by atoms with Gasteiger partial charge in [0.1, 0.15) is 0 Å². The van der Waals surface area contributed by atoms with Crippen LogP contribution in [0.5, 0.6) is 0 Å². The van der Waals surface area contributed by atoms with Crippen molar-refractivity contribution in [3.05, 3.63) is 35.4 Å². The maximum absolute atomic E-state index is 5.42. The molecule has 0 aliphatic carbocycles. The van der Waals surface area contributed by atoms with Crippen molar-refractivity contribution in [3.63, 3.8) is 0 Å². The summed E-state index contributed by atoms with van der Waals surface area (Å²) in [6.07, 6.45) is 2.34. The minimum atomic E-state index is 0.418. The monoisotopic (exact) mass is 261 g/mol. The van der Waals surface area contributed by atoms with E-state index >= 15 is 0 Å². The molecule has 0 bridgehead atoms. The standard InChI is InChI=1S/C15H19NOS/c16-9-3-6-13-4-1-2-5-14(13)12-18-15-7-10-17-11-8-15/h1-2,4-5,15H,7-12,16H2. The molecule has 0 unspecified atom stereocenters. The Labute approximate surface area is 113 Å².